The molecule has 1 aromatic carbocycles. The van der Waals surface area contributed by atoms with Crippen LogP contribution in [-0.2, 0) is 19.4 Å². The minimum absolute atomic E-state index is 0.342. The second-order valence-corrected chi connectivity index (χ2v) is 9.47. The van der Waals surface area contributed by atoms with Gasteiger partial charge in [0.05, 0.1) is 10.4 Å². The highest BCUT2D eigenvalue weighted by molar-refractivity contribution is 8.21. The molecule has 2 nitrogen and oxygen atoms in total. The molecular weight excluding hydrogens is 320 g/mol. The van der Waals surface area contributed by atoms with E-state index in [4.69, 9.17) is 0 Å². The van der Waals surface area contributed by atoms with Crippen LogP contribution < -0.4 is 0 Å². The summed E-state index contributed by atoms with van der Waals surface area (Å²) < 4.78 is 2.55. The number of hydrogen-bond acceptors (Lipinski definition) is 3. The first kappa shape index (κ1) is 17.0. The van der Waals surface area contributed by atoms with Crippen molar-refractivity contribution in [1.82, 2.24) is 9.55 Å². The number of imidazole rings is 1. The van der Waals surface area contributed by atoms with Crippen molar-refractivity contribution in [3.05, 3.63) is 54.1 Å². The van der Waals surface area contributed by atoms with Gasteiger partial charge in [0.1, 0.15) is 0 Å². The van der Waals surface area contributed by atoms with E-state index in [1.54, 1.807) is 0 Å². The van der Waals surface area contributed by atoms with Gasteiger partial charge in [-0.15, -0.1) is 23.5 Å². The summed E-state index contributed by atoms with van der Waals surface area (Å²) >= 11 is 4.31. The second-order valence-electron chi connectivity index (χ2n) is 6.25. The lowest BCUT2D eigenvalue weighted by Crippen LogP contribution is -2.23. The largest absolute Gasteiger partial charge is 0.337 e. The Morgan fingerprint density at radius 1 is 1.13 bits per heavy atom. The first-order valence-electron chi connectivity index (χ1n) is 8.61. The molecule has 1 aliphatic rings. The molecular formula is C19H26N2S2. The van der Waals surface area contributed by atoms with E-state index in [2.05, 4.69) is 70.5 Å². The zero-order valence-electron chi connectivity index (χ0n) is 13.9. The minimum atomic E-state index is 0.342. The molecule has 0 unspecified atom stereocenters. The van der Waals surface area contributed by atoms with Gasteiger partial charge < -0.3 is 4.57 Å². The van der Waals surface area contributed by atoms with Gasteiger partial charge in [-0.05, 0) is 36.8 Å². The number of rotatable bonds is 8. The van der Waals surface area contributed by atoms with Crippen LogP contribution in [0.3, 0.4) is 0 Å². The van der Waals surface area contributed by atoms with Crippen molar-refractivity contribution >= 4 is 23.5 Å². The van der Waals surface area contributed by atoms with Crippen LogP contribution in [0.5, 0.6) is 0 Å². The molecule has 1 fully saturated rings. The van der Waals surface area contributed by atoms with Gasteiger partial charge in [-0.1, -0.05) is 37.6 Å². The van der Waals surface area contributed by atoms with E-state index in [0.29, 0.717) is 4.08 Å². The summed E-state index contributed by atoms with van der Waals surface area (Å²) in [5.74, 6) is 2.56. The predicted octanol–water partition coefficient (Wildman–Crippen LogP) is 5.03. The lowest BCUT2D eigenvalue weighted by Gasteiger charge is -2.27. The van der Waals surface area contributed by atoms with E-state index < -0.39 is 0 Å². The number of thioether (sulfide) groups is 2. The van der Waals surface area contributed by atoms with Gasteiger partial charge in [0.25, 0.3) is 0 Å². The highest BCUT2D eigenvalue weighted by Crippen LogP contribution is 2.48. The molecule has 2 aromatic rings. The fourth-order valence-electron chi connectivity index (χ4n) is 3.07. The third-order valence-electron chi connectivity index (χ3n) is 4.44. The maximum atomic E-state index is 4.16. The molecule has 124 valence electrons. The summed E-state index contributed by atoms with van der Waals surface area (Å²) in [6.45, 7) is 3.32. The van der Waals surface area contributed by atoms with Crippen molar-refractivity contribution in [2.24, 2.45) is 0 Å². The Morgan fingerprint density at radius 3 is 2.52 bits per heavy atom. The third-order valence-corrected chi connectivity index (χ3v) is 7.97. The first-order valence-corrected chi connectivity index (χ1v) is 10.6. The molecule has 0 N–H and O–H groups in total. The average molecular weight is 347 g/mol. The first-order chi connectivity index (χ1) is 11.3. The standard InChI is InChI=1S/C19H26N2S2/c1-2-3-4-17-5-7-18(8-6-17)15-19(22-13-14-23-19)9-11-21-12-10-20-16-21/h5-8,10,12,16H,2-4,9,11,13-15H2,1H3. The average Bonchev–Trinajstić information content (AvgIpc) is 3.25. The van der Waals surface area contributed by atoms with E-state index in [1.165, 1.54) is 54.7 Å². The summed E-state index contributed by atoms with van der Waals surface area (Å²) in [7, 11) is 0. The smallest absolute Gasteiger partial charge is 0.0945 e. The molecule has 1 aromatic heterocycles. The molecule has 2 heterocycles. The van der Waals surface area contributed by atoms with Crippen molar-refractivity contribution in [1.29, 1.82) is 0 Å². The molecule has 4 heteroatoms. The minimum Gasteiger partial charge on any atom is -0.337 e. The quantitative estimate of drug-likeness (QED) is 0.667. The summed E-state index contributed by atoms with van der Waals surface area (Å²) in [6.07, 6.45) is 12.0. The SMILES string of the molecule is CCCCc1ccc(CC2(CCn3ccnc3)SCCS2)cc1. The molecule has 1 saturated heterocycles. The van der Waals surface area contributed by atoms with Crippen LogP contribution in [0.15, 0.2) is 43.0 Å². The van der Waals surface area contributed by atoms with E-state index in [1.807, 2.05) is 12.5 Å². The van der Waals surface area contributed by atoms with E-state index in [-0.39, 0.29) is 0 Å². The summed E-state index contributed by atoms with van der Waals surface area (Å²) in [6, 6.07) is 9.37. The molecule has 0 aliphatic carbocycles. The lowest BCUT2D eigenvalue weighted by atomic mass is 10.0. The fraction of sp³-hybridized carbons (Fsp3) is 0.526. The van der Waals surface area contributed by atoms with E-state index in [0.717, 1.165) is 6.54 Å². The molecule has 0 amide bonds. The van der Waals surface area contributed by atoms with Gasteiger partial charge in [-0.3, -0.25) is 0 Å². The van der Waals surface area contributed by atoms with E-state index >= 15 is 0 Å². The van der Waals surface area contributed by atoms with Crippen LogP contribution in [0.25, 0.3) is 0 Å². The molecule has 0 radical (unpaired) electrons. The Kier molecular flexibility index (Phi) is 6.12. The maximum Gasteiger partial charge on any atom is 0.0945 e. The number of nitrogens with zero attached hydrogens (tertiary/aromatic N) is 2. The molecule has 1 aliphatic heterocycles. The van der Waals surface area contributed by atoms with Crippen LogP contribution in [0.2, 0.25) is 0 Å². The van der Waals surface area contributed by atoms with Crippen LogP contribution in [0.4, 0.5) is 0 Å². The topological polar surface area (TPSA) is 17.8 Å². The molecule has 3 rings (SSSR count). The van der Waals surface area contributed by atoms with Gasteiger partial charge in [-0.25, -0.2) is 4.98 Å². The molecule has 0 saturated carbocycles. The van der Waals surface area contributed by atoms with Gasteiger partial charge in [0.15, 0.2) is 0 Å². The number of hydrogen-bond donors (Lipinski definition) is 0. The number of aromatic nitrogens is 2. The highest BCUT2D eigenvalue weighted by atomic mass is 32.2. The molecule has 0 atom stereocenters. The van der Waals surface area contributed by atoms with Crippen molar-refractivity contribution in [2.75, 3.05) is 11.5 Å². The number of unbranched alkanes of at least 4 members (excludes halogenated alkanes) is 1. The van der Waals surface area contributed by atoms with Crippen molar-refractivity contribution in [3.8, 4) is 0 Å². The van der Waals surface area contributed by atoms with E-state index in [9.17, 15) is 0 Å². The van der Waals surface area contributed by atoms with Crippen LogP contribution in [0.1, 0.15) is 37.3 Å². The Labute approximate surface area is 148 Å². The monoisotopic (exact) mass is 346 g/mol. The molecule has 0 spiro atoms. The summed E-state index contributed by atoms with van der Waals surface area (Å²) in [4.78, 5) is 4.16. The Bertz CT molecular complexity index is 572. The summed E-state index contributed by atoms with van der Waals surface area (Å²) in [5.41, 5.74) is 2.97. The van der Waals surface area contributed by atoms with Gasteiger partial charge in [-0.2, -0.15) is 0 Å². The zero-order valence-corrected chi connectivity index (χ0v) is 15.5. The maximum absolute atomic E-state index is 4.16. The summed E-state index contributed by atoms with van der Waals surface area (Å²) in [5, 5.41) is 0. The predicted molar refractivity (Wildman–Crippen MR) is 103 cm³/mol. The third kappa shape index (κ3) is 4.80. The Hall–Kier alpha value is -0.870. The van der Waals surface area contributed by atoms with Gasteiger partial charge in [0.2, 0.25) is 0 Å². The highest BCUT2D eigenvalue weighted by Gasteiger charge is 2.35. The Balaban J connectivity index is 1.62. The fourth-order valence-corrected chi connectivity index (χ4v) is 6.32. The van der Waals surface area contributed by atoms with Crippen LogP contribution in [-0.4, -0.2) is 25.1 Å². The van der Waals surface area contributed by atoms with Gasteiger partial charge >= 0.3 is 0 Å². The molecule has 0 bridgehead atoms. The Morgan fingerprint density at radius 2 is 1.87 bits per heavy atom. The molecule has 23 heavy (non-hydrogen) atoms. The second kappa shape index (κ2) is 8.29. The number of benzene rings is 1. The normalized spacial score (nSPS) is 16.7. The lowest BCUT2D eigenvalue weighted by molar-refractivity contribution is 0.597. The van der Waals surface area contributed by atoms with Gasteiger partial charge in [0, 0.05) is 30.4 Å². The van der Waals surface area contributed by atoms with Crippen LogP contribution >= 0.6 is 23.5 Å². The van der Waals surface area contributed by atoms with Crippen molar-refractivity contribution in [3.63, 3.8) is 0 Å². The van der Waals surface area contributed by atoms with Crippen LogP contribution in [0, 0.1) is 0 Å². The van der Waals surface area contributed by atoms with Crippen molar-refractivity contribution in [2.45, 2.75) is 49.7 Å². The van der Waals surface area contributed by atoms with Crippen molar-refractivity contribution < 1.29 is 0 Å². The number of aryl methyl sites for hydroxylation is 2. The zero-order chi connectivity index (χ0) is 16.0.